The minimum atomic E-state index is -3.60. The van der Waals surface area contributed by atoms with E-state index >= 15 is 0 Å². The Balaban J connectivity index is 2.17. The van der Waals surface area contributed by atoms with Gasteiger partial charge in [0.1, 0.15) is 5.75 Å². The third-order valence-electron chi connectivity index (χ3n) is 2.89. The van der Waals surface area contributed by atoms with Crippen LogP contribution in [0.1, 0.15) is 0 Å². The maximum Gasteiger partial charge on any atom is 0.328 e. The van der Waals surface area contributed by atoms with E-state index in [2.05, 4.69) is 4.72 Å². The summed E-state index contributed by atoms with van der Waals surface area (Å²) in [6.07, 6.45) is 0. The van der Waals surface area contributed by atoms with Crippen molar-refractivity contribution in [3.8, 4) is 5.75 Å². The van der Waals surface area contributed by atoms with Crippen molar-refractivity contribution in [3.05, 3.63) is 48.5 Å². The lowest BCUT2D eigenvalue weighted by Crippen LogP contribution is -2.25. The number of para-hydroxylation sites is 2. The molecule has 0 aliphatic carbocycles. The van der Waals surface area contributed by atoms with Crippen molar-refractivity contribution in [1.82, 2.24) is 0 Å². The molecule has 5 nitrogen and oxygen atoms in total. The van der Waals surface area contributed by atoms with E-state index in [1.807, 2.05) is 0 Å². The molecule has 0 spiro atoms. The highest BCUT2D eigenvalue weighted by atomic mass is 32.2. The highest BCUT2D eigenvalue weighted by molar-refractivity contribution is 7.95. The minimum absolute atomic E-state index is 0.539. The molecule has 0 radical (unpaired) electrons. The zero-order valence-electron chi connectivity index (χ0n) is 10.2. The largest absolute Gasteiger partial charge is 0.497 e. The molecule has 1 aliphatic heterocycles. The van der Waals surface area contributed by atoms with Crippen molar-refractivity contribution in [1.29, 1.82) is 0 Å². The molecule has 0 atom stereocenters. The van der Waals surface area contributed by atoms with Crippen LogP contribution in [-0.4, -0.2) is 15.5 Å². The van der Waals surface area contributed by atoms with Crippen LogP contribution in [0.3, 0.4) is 0 Å². The molecule has 0 amide bonds. The number of hydrogen-bond donors (Lipinski definition) is 1. The SMILES string of the molecule is COc1cccc(N2c3ccccc3NS2(=O)=O)c1. The molecule has 19 heavy (non-hydrogen) atoms. The van der Waals surface area contributed by atoms with Gasteiger partial charge in [0.25, 0.3) is 0 Å². The van der Waals surface area contributed by atoms with E-state index in [0.717, 1.165) is 0 Å². The Kier molecular flexibility index (Phi) is 2.60. The van der Waals surface area contributed by atoms with Gasteiger partial charge in [-0.05, 0) is 24.3 Å². The number of methoxy groups -OCH3 is 1. The van der Waals surface area contributed by atoms with Gasteiger partial charge in [-0.1, -0.05) is 18.2 Å². The van der Waals surface area contributed by atoms with Gasteiger partial charge in [0.15, 0.2) is 0 Å². The molecule has 3 rings (SSSR count). The molecule has 0 saturated carbocycles. The first kappa shape index (κ1) is 11.9. The number of nitrogens with zero attached hydrogens (tertiary/aromatic N) is 1. The van der Waals surface area contributed by atoms with E-state index in [4.69, 9.17) is 4.74 Å². The summed E-state index contributed by atoms with van der Waals surface area (Å²) in [7, 11) is -2.05. The summed E-state index contributed by atoms with van der Waals surface area (Å²) in [5.74, 6) is 0.608. The molecule has 0 unspecified atom stereocenters. The third-order valence-corrected chi connectivity index (χ3v) is 4.26. The summed E-state index contributed by atoms with van der Waals surface area (Å²) in [5, 5.41) is 0. The van der Waals surface area contributed by atoms with Crippen molar-refractivity contribution in [2.45, 2.75) is 0 Å². The summed E-state index contributed by atoms with van der Waals surface area (Å²) in [6.45, 7) is 0. The van der Waals surface area contributed by atoms with Gasteiger partial charge in [0.05, 0.1) is 24.2 Å². The minimum Gasteiger partial charge on any atom is -0.497 e. The lowest BCUT2D eigenvalue weighted by molar-refractivity contribution is 0.415. The van der Waals surface area contributed by atoms with Crippen LogP contribution < -0.4 is 13.8 Å². The van der Waals surface area contributed by atoms with Gasteiger partial charge in [-0.15, -0.1) is 0 Å². The van der Waals surface area contributed by atoms with E-state index in [1.54, 1.807) is 55.6 Å². The van der Waals surface area contributed by atoms with Gasteiger partial charge in [-0.3, -0.25) is 4.72 Å². The third kappa shape index (κ3) is 1.90. The first-order valence-corrected chi connectivity index (χ1v) is 7.12. The summed E-state index contributed by atoms with van der Waals surface area (Å²) < 4.78 is 33.3. The molecule has 1 aliphatic rings. The summed E-state index contributed by atoms with van der Waals surface area (Å²) in [5.41, 5.74) is 1.72. The van der Waals surface area contributed by atoms with Gasteiger partial charge >= 0.3 is 10.2 Å². The van der Waals surface area contributed by atoms with Crippen molar-refractivity contribution >= 4 is 27.3 Å². The Morgan fingerprint density at radius 2 is 1.89 bits per heavy atom. The number of ether oxygens (including phenoxy) is 1. The maximum atomic E-state index is 12.2. The van der Waals surface area contributed by atoms with Crippen LogP contribution in [0.4, 0.5) is 17.1 Å². The van der Waals surface area contributed by atoms with Crippen LogP contribution in [0.2, 0.25) is 0 Å². The second-order valence-electron chi connectivity index (χ2n) is 4.09. The van der Waals surface area contributed by atoms with Gasteiger partial charge in [-0.2, -0.15) is 8.42 Å². The predicted octanol–water partition coefficient (Wildman–Crippen LogP) is 2.50. The van der Waals surface area contributed by atoms with Gasteiger partial charge < -0.3 is 4.74 Å². The van der Waals surface area contributed by atoms with Crippen molar-refractivity contribution in [2.75, 3.05) is 16.1 Å². The second kappa shape index (κ2) is 4.17. The normalized spacial score (nSPS) is 15.7. The van der Waals surface area contributed by atoms with Gasteiger partial charge in [-0.25, -0.2) is 4.31 Å². The van der Waals surface area contributed by atoms with Crippen LogP contribution in [0.5, 0.6) is 5.75 Å². The lowest BCUT2D eigenvalue weighted by Gasteiger charge is -2.17. The monoisotopic (exact) mass is 276 g/mol. The summed E-state index contributed by atoms with van der Waals surface area (Å²) in [6, 6.07) is 14.0. The molecular formula is C13H12N2O3S. The fraction of sp³-hybridized carbons (Fsp3) is 0.0769. The van der Waals surface area contributed by atoms with Crippen LogP contribution in [-0.2, 0) is 10.2 Å². The van der Waals surface area contributed by atoms with Gasteiger partial charge in [0, 0.05) is 6.07 Å². The number of anilines is 3. The van der Waals surface area contributed by atoms with E-state index in [-0.39, 0.29) is 0 Å². The van der Waals surface area contributed by atoms with Crippen molar-refractivity contribution in [3.63, 3.8) is 0 Å². The Labute approximate surface area is 111 Å². The lowest BCUT2D eigenvalue weighted by atomic mass is 10.2. The fourth-order valence-corrected chi connectivity index (χ4v) is 3.42. The molecule has 6 heteroatoms. The Bertz CT molecular complexity index is 728. The molecule has 1 heterocycles. The highest BCUT2D eigenvalue weighted by Gasteiger charge is 2.33. The molecule has 0 bridgehead atoms. The van der Waals surface area contributed by atoms with E-state index in [0.29, 0.717) is 22.8 Å². The molecule has 0 fully saturated rings. The maximum absolute atomic E-state index is 12.2. The van der Waals surface area contributed by atoms with Crippen LogP contribution in [0.15, 0.2) is 48.5 Å². The molecule has 0 saturated heterocycles. The second-order valence-corrected chi connectivity index (χ2v) is 5.61. The zero-order chi connectivity index (χ0) is 13.5. The average molecular weight is 276 g/mol. The Hall–Kier alpha value is -2.21. The standard InChI is InChI=1S/C13H12N2O3S/c1-18-11-6-4-5-10(9-11)15-13-8-3-2-7-12(13)14-19(15,16)17/h2-9,14H,1H3. The summed E-state index contributed by atoms with van der Waals surface area (Å²) in [4.78, 5) is 0. The first-order chi connectivity index (χ1) is 9.12. The quantitative estimate of drug-likeness (QED) is 0.916. The molecule has 0 aromatic heterocycles. The smallest absolute Gasteiger partial charge is 0.328 e. The van der Waals surface area contributed by atoms with E-state index < -0.39 is 10.2 Å². The molecule has 98 valence electrons. The molecular weight excluding hydrogens is 264 g/mol. The number of fused-ring (bicyclic) bond motifs is 1. The predicted molar refractivity (Wildman–Crippen MR) is 74.1 cm³/mol. The Morgan fingerprint density at radius 3 is 2.68 bits per heavy atom. The zero-order valence-corrected chi connectivity index (χ0v) is 11.0. The summed E-state index contributed by atoms with van der Waals surface area (Å²) >= 11 is 0. The van der Waals surface area contributed by atoms with Crippen LogP contribution in [0, 0.1) is 0 Å². The average Bonchev–Trinajstić information content (AvgIpc) is 2.68. The van der Waals surface area contributed by atoms with Crippen LogP contribution in [0.25, 0.3) is 0 Å². The number of nitrogens with one attached hydrogen (secondary N) is 1. The number of benzene rings is 2. The molecule has 2 aromatic rings. The van der Waals surface area contributed by atoms with Crippen molar-refractivity contribution < 1.29 is 13.2 Å². The van der Waals surface area contributed by atoms with Gasteiger partial charge in [0.2, 0.25) is 0 Å². The topological polar surface area (TPSA) is 58.6 Å². The number of rotatable bonds is 2. The van der Waals surface area contributed by atoms with Crippen molar-refractivity contribution in [2.24, 2.45) is 0 Å². The molecule has 1 N–H and O–H groups in total. The van der Waals surface area contributed by atoms with Crippen LogP contribution >= 0.6 is 0 Å². The first-order valence-electron chi connectivity index (χ1n) is 5.68. The molecule has 2 aromatic carbocycles. The number of hydrogen-bond acceptors (Lipinski definition) is 3. The highest BCUT2D eigenvalue weighted by Crippen LogP contribution is 2.41. The van der Waals surface area contributed by atoms with E-state index in [1.165, 1.54) is 4.31 Å². The van der Waals surface area contributed by atoms with E-state index in [9.17, 15) is 8.42 Å². The fourth-order valence-electron chi connectivity index (χ4n) is 2.07. The Morgan fingerprint density at radius 1 is 1.11 bits per heavy atom.